The average Bonchev–Trinajstić information content (AvgIpc) is 3.06. The molecule has 110 valence electrons. The zero-order chi connectivity index (χ0) is 13.4. The summed E-state index contributed by atoms with van der Waals surface area (Å²) in [6, 6.07) is 0. The molecule has 0 heteroatoms. The van der Waals surface area contributed by atoms with E-state index >= 15 is 0 Å². The number of hydrogen-bond donors (Lipinski definition) is 0. The lowest BCUT2D eigenvalue weighted by Gasteiger charge is -2.32. The molecule has 7 atom stereocenters. The summed E-state index contributed by atoms with van der Waals surface area (Å²) >= 11 is 0. The van der Waals surface area contributed by atoms with E-state index in [4.69, 9.17) is 0 Å². The molecule has 3 aliphatic rings. The van der Waals surface area contributed by atoms with Gasteiger partial charge in [-0.15, -0.1) is 0 Å². The monoisotopic (exact) mass is 262 g/mol. The summed E-state index contributed by atoms with van der Waals surface area (Å²) in [6.45, 7) is 7.64. The predicted octanol–water partition coefficient (Wildman–Crippen LogP) is 5.91. The molecule has 0 aromatic carbocycles. The predicted molar refractivity (Wildman–Crippen MR) is 83.0 cm³/mol. The molecule has 3 rings (SSSR count). The first-order valence-corrected chi connectivity index (χ1v) is 9.16. The summed E-state index contributed by atoms with van der Waals surface area (Å²) in [7, 11) is 0. The van der Waals surface area contributed by atoms with Gasteiger partial charge in [0.1, 0.15) is 0 Å². The van der Waals surface area contributed by atoms with Gasteiger partial charge in [-0.3, -0.25) is 0 Å². The van der Waals surface area contributed by atoms with Crippen LogP contribution in [-0.4, -0.2) is 0 Å². The summed E-state index contributed by atoms with van der Waals surface area (Å²) in [6.07, 6.45) is 13.8. The van der Waals surface area contributed by atoms with Gasteiger partial charge in [0, 0.05) is 0 Å². The van der Waals surface area contributed by atoms with Gasteiger partial charge in [-0.1, -0.05) is 46.5 Å². The highest BCUT2D eigenvalue weighted by Crippen LogP contribution is 2.51. The Morgan fingerprint density at radius 3 is 2.42 bits per heavy atom. The van der Waals surface area contributed by atoms with Crippen molar-refractivity contribution in [2.45, 2.75) is 78.6 Å². The summed E-state index contributed by atoms with van der Waals surface area (Å²) in [5.41, 5.74) is 0. The van der Waals surface area contributed by atoms with Crippen LogP contribution in [0, 0.1) is 41.4 Å². The minimum Gasteiger partial charge on any atom is -0.0622 e. The molecule has 19 heavy (non-hydrogen) atoms. The summed E-state index contributed by atoms with van der Waals surface area (Å²) in [5, 5.41) is 0. The molecular formula is C19H34. The van der Waals surface area contributed by atoms with Crippen LogP contribution in [0.25, 0.3) is 0 Å². The van der Waals surface area contributed by atoms with Crippen LogP contribution in [0.4, 0.5) is 0 Å². The minimum atomic E-state index is 0.967. The van der Waals surface area contributed by atoms with Crippen LogP contribution in [0.2, 0.25) is 0 Å². The Hall–Kier alpha value is 0. The van der Waals surface area contributed by atoms with Crippen molar-refractivity contribution in [1.29, 1.82) is 0 Å². The molecule has 0 N–H and O–H groups in total. The highest BCUT2D eigenvalue weighted by molar-refractivity contribution is 4.91. The van der Waals surface area contributed by atoms with Gasteiger partial charge in [0.25, 0.3) is 0 Å². The molecule has 0 amide bonds. The first-order valence-electron chi connectivity index (χ1n) is 9.16. The van der Waals surface area contributed by atoms with Crippen LogP contribution in [0.15, 0.2) is 0 Å². The molecule has 0 spiro atoms. The Morgan fingerprint density at radius 2 is 1.68 bits per heavy atom. The third kappa shape index (κ3) is 2.74. The van der Waals surface area contributed by atoms with E-state index in [1.54, 1.807) is 32.1 Å². The van der Waals surface area contributed by atoms with Crippen molar-refractivity contribution < 1.29 is 0 Å². The van der Waals surface area contributed by atoms with E-state index in [1.165, 1.54) is 25.7 Å². The zero-order valence-corrected chi connectivity index (χ0v) is 13.4. The first kappa shape index (κ1) is 14.0. The molecule has 3 aliphatic carbocycles. The maximum Gasteiger partial charge on any atom is -0.0357 e. The fourth-order valence-electron chi connectivity index (χ4n) is 6.05. The third-order valence-electron chi connectivity index (χ3n) is 7.41. The molecule has 0 aromatic rings. The fourth-order valence-corrected chi connectivity index (χ4v) is 6.05. The van der Waals surface area contributed by atoms with Gasteiger partial charge in [0.15, 0.2) is 0 Å². The van der Waals surface area contributed by atoms with Gasteiger partial charge in [-0.2, -0.15) is 0 Å². The first-order chi connectivity index (χ1) is 9.16. The maximum atomic E-state index is 2.57. The molecule has 0 aliphatic heterocycles. The van der Waals surface area contributed by atoms with Gasteiger partial charge in [0.2, 0.25) is 0 Å². The summed E-state index contributed by atoms with van der Waals surface area (Å²) < 4.78 is 0. The lowest BCUT2D eigenvalue weighted by Crippen LogP contribution is -2.24. The second kappa shape index (κ2) is 5.78. The molecule has 7 unspecified atom stereocenters. The quantitative estimate of drug-likeness (QED) is 0.590. The van der Waals surface area contributed by atoms with E-state index in [9.17, 15) is 0 Å². The number of hydrogen-bond acceptors (Lipinski definition) is 0. The summed E-state index contributed by atoms with van der Waals surface area (Å²) in [4.78, 5) is 0. The van der Waals surface area contributed by atoms with Crippen molar-refractivity contribution in [2.24, 2.45) is 41.4 Å². The van der Waals surface area contributed by atoms with Crippen molar-refractivity contribution in [3.63, 3.8) is 0 Å². The molecule has 0 saturated heterocycles. The Morgan fingerprint density at radius 1 is 0.895 bits per heavy atom. The van der Waals surface area contributed by atoms with Crippen LogP contribution in [0.5, 0.6) is 0 Å². The van der Waals surface area contributed by atoms with E-state index in [0.29, 0.717) is 0 Å². The average molecular weight is 262 g/mol. The van der Waals surface area contributed by atoms with Crippen LogP contribution in [0.1, 0.15) is 78.6 Å². The Labute approximate surface area is 120 Å². The lowest BCUT2D eigenvalue weighted by molar-refractivity contribution is 0.177. The molecular weight excluding hydrogens is 228 g/mol. The van der Waals surface area contributed by atoms with Crippen molar-refractivity contribution in [3.05, 3.63) is 0 Å². The minimum absolute atomic E-state index is 0.967. The topological polar surface area (TPSA) is 0 Å². The van der Waals surface area contributed by atoms with E-state index in [2.05, 4.69) is 20.8 Å². The SMILES string of the molecule is CC(CC1CCC2CCCC21)C(C)C1CCCC1C. The Balaban J connectivity index is 1.54. The van der Waals surface area contributed by atoms with E-state index < -0.39 is 0 Å². The van der Waals surface area contributed by atoms with Gasteiger partial charge in [-0.25, -0.2) is 0 Å². The van der Waals surface area contributed by atoms with Crippen molar-refractivity contribution in [1.82, 2.24) is 0 Å². The molecule has 0 bridgehead atoms. The highest BCUT2D eigenvalue weighted by Gasteiger charge is 2.40. The molecule has 0 aromatic heterocycles. The van der Waals surface area contributed by atoms with Crippen LogP contribution < -0.4 is 0 Å². The van der Waals surface area contributed by atoms with Crippen molar-refractivity contribution in [2.75, 3.05) is 0 Å². The van der Waals surface area contributed by atoms with E-state index in [1.807, 2.05) is 0 Å². The number of fused-ring (bicyclic) bond motifs is 1. The second-order valence-electron chi connectivity index (χ2n) is 8.34. The lowest BCUT2D eigenvalue weighted by atomic mass is 9.74. The zero-order valence-electron chi connectivity index (χ0n) is 13.4. The normalized spacial score (nSPS) is 45.3. The highest BCUT2D eigenvalue weighted by atomic mass is 14.5. The maximum absolute atomic E-state index is 2.57. The largest absolute Gasteiger partial charge is 0.0622 e. The van der Waals surface area contributed by atoms with Gasteiger partial charge in [0.05, 0.1) is 0 Å². The molecule has 0 heterocycles. The van der Waals surface area contributed by atoms with Crippen LogP contribution >= 0.6 is 0 Å². The van der Waals surface area contributed by atoms with Crippen molar-refractivity contribution >= 4 is 0 Å². The van der Waals surface area contributed by atoms with Gasteiger partial charge in [-0.05, 0) is 73.5 Å². The van der Waals surface area contributed by atoms with E-state index in [-0.39, 0.29) is 0 Å². The van der Waals surface area contributed by atoms with Crippen LogP contribution in [0.3, 0.4) is 0 Å². The van der Waals surface area contributed by atoms with E-state index in [0.717, 1.165) is 41.4 Å². The third-order valence-corrected chi connectivity index (χ3v) is 7.41. The standard InChI is InChI=1S/C19H34/c1-13-6-4-8-18(13)15(3)14(2)12-17-11-10-16-7-5-9-19(16)17/h13-19H,4-12H2,1-3H3. The van der Waals surface area contributed by atoms with Crippen molar-refractivity contribution in [3.8, 4) is 0 Å². The molecule has 0 nitrogen and oxygen atoms in total. The summed E-state index contributed by atoms with van der Waals surface area (Å²) in [5.74, 6) is 7.35. The molecule has 3 fully saturated rings. The van der Waals surface area contributed by atoms with Crippen LogP contribution in [-0.2, 0) is 0 Å². The fraction of sp³-hybridized carbons (Fsp3) is 1.00. The molecule has 0 radical (unpaired) electrons. The smallest absolute Gasteiger partial charge is 0.0357 e. The van der Waals surface area contributed by atoms with Gasteiger partial charge < -0.3 is 0 Å². The van der Waals surface area contributed by atoms with Gasteiger partial charge >= 0.3 is 0 Å². The Bertz CT molecular complexity index is 294. The second-order valence-corrected chi connectivity index (χ2v) is 8.34. The molecule has 3 saturated carbocycles. The Kier molecular flexibility index (Phi) is 4.25. The number of rotatable bonds is 4.